The number of hydrogen-bond donors (Lipinski definition) is 1. The molecule has 0 heterocycles. The standard InChI is InChI=1S/C28H33F6NO2/c1-18(2)13-14-35(17-19-3-8-22(9-4-19)27(29,30)31)25-12-5-20(16-26(36)37)15-24(25)21-6-10-23(11-7-21)28(32,33)34/h3-4,6-11,18,20,24-25H,5,12-17H2,1-2H3,(H,36,37)/t20-,24-,25-/m1/s1. The molecule has 3 nitrogen and oxygen atoms in total. The van der Waals surface area contributed by atoms with Gasteiger partial charge in [-0.1, -0.05) is 38.1 Å². The number of halogens is 6. The van der Waals surface area contributed by atoms with Gasteiger partial charge in [0, 0.05) is 19.0 Å². The third-order valence-electron chi connectivity index (χ3n) is 7.18. The van der Waals surface area contributed by atoms with Gasteiger partial charge in [0.15, 0.2) is 0 Å². The summed E-state index contributed by atoms with van der Waals surface area (Å²) in [7, 11) is 0. The van der Waals surface area contributed by atoms with Crippen LogP contribution in [0.1, 0.15) is 74.1 Å². The number of hydrogen-bond acceptors (Lipinski definition) is 2. The summed E-state index contributed by atoms with van der Waals surface area (Å²) in [6.07, 6.45) is -6.20. The van der Waals surface area contributed by atoms with Crippen molar-refractivity contribution in [3.63, 3.8) is 0 Å². The molecule has 37 heavy (non-hydrogen) atoms. The van der Waals surface area contributed by atoms with Crippen LogP contribution in [-0.2, 0) is 23.7 Å². The van der Waals surface area contributed by atoms with Gasteiger partial charge in [-0.25, -0.2) is 0 Å². The maximum Gasteiger partial charge on any atom is 0.416 e. The first-order chi connectivity index (χ1) is 17.2. The fraction of sp³-hybridized carbons (Fsp3) is 0.536. The van der Waals surface area contributed by atoms with E-state index in [-0.39, 0.29) is 24.3 Å². The Morgan fingerprint density at radius 2 is 1.46 bits per heavy atom. The van der Waals surface area contributed by atoms with Crippen LogP contribution in [0.3, 0.4) is 0 Å². The summed E-state index contributed by atoms with van der Waals surface area (Å²) in [6, 6.07) is 10.0. The van der Waals surface area contributed by atoms with Crippen LogP contribution < -0.4 is 0 Å². The first-order valence-corrected chi connectivity index (χ1v) is 12.5. The van der Waals surface area contributed by atoms with Crippen molar-refractivity contribution in [2.24, 2.45) is 11.8 Å². The van der Waals surface area contributed by atoms with E-state index in [2.05, 4.69) is 18.7 Å². The van der Waals surface area contributed by atoms with Gasteiger partial charge in [-0.05, 0) is 85.4 Å². The van der Waals surface area contributed by atoms with Crippen LogP contribution in [0.2, 0.25) is 0 Å². The quantitative estimate of drug-likeness (QED) is 0.335. The van der Waals surface area contributed by atoms with E-state index in [1.54, 1.807) is 0 Å². The Bertz CT molecular complexity index is 1010. The van der Waals surface area contributed by atoms with Gasteiger partial charge in [-0.3, -0.25) is 9.69 Å². The number of aliphatic carboxylic acids is 1. The number of carboxylic acids is 1. The highest BCUT2D eigenvalue weighted by Crippen LogP contribution is 2.42. The average Bonchev–Trinajstić information content (AvgIpc) is 2.80. The van der Waals surface area contributed by atoms with Gasteiger partial charge in [0.1, 0.15) is 0 Å². The minimum absolute atomic E-state index is 0.00521. The van der Waals surface area contributed by atoms with Crippen LogP contribution in [0.5, 0.6) is 0 Å². The van der Waals surface area contributed by atoms with E-state index in [4.69, 9.17) is 0 Å². The Kier molecular flexibility index (Phi) is 9.32. The molecule has 2 aromatic rings. The maximum atomic E-state index is 13.1. The molecule has 1 fully saturated rings. The lowest BCUT2D eigenvalue weighted by atomic mass is 9.72. The lowest BCUT2D eigenvalue weighted by Crippen LogP contribution is -2.43. The molecule has 0 saturated heterocycles. The molecule has 0 radical (unpaired) electrons. The van der Waals surface area contributed by atoms with Gasteiger partial charge in [0.25, 0.3) is 0 Å². The fourth-order valence-corrected chi connectivity index (χ4v) is 5.21. The molecule has 204 valence electrons. The predicted molar refractivity (Wildman–Crippen MR) is 129 cm³/mol. The second-order valence-electron chi connectivity index (χ2n) is 10.4. The van der Waals surface area contributed by atoms with Crippen LogP contribution in [0.4, 0.5) is 26.3 Å². The molecule has 0 unspecified atom stereocenters. The monoisotopic (exact) mass is 529 g/mol. The Morgan fingerprint density at radius 1 is 0.919 bits per heavy atom. The van der Waals surface area contributed by atoms with Crippen LogP contribution in [0.25, 0.3) is 0 Å². The number of benzene rings is 2. The third kappa shape index (κ3) is 8.22. The Hall–Kier alpha value is -2.55. The second kappa shape index (κ2) is 11.9. The van der Waals surface area contributed by atoms with Gasteiger partial charge >= 0.3 is 18.3 Å². The molecular weight excluding hydrogens is 496 g/mol. The Labute approximate surface area is 213 Å². The summed E-state index contributed by atoms with van der Waals surface area (Å²) < 4.78 is 78.5. The molecule has 0 bridgehead atoms. The molecule has 2 aromatic carbocycles. The minimum atomic E-state index is -4.46. The van der Waals surface area contributed by atoms with Crippen molar-refractivity contribution in [2.75, 3.05) is 6.54 Å². The number of carboxylic acid groups (broad SMARTS) is 1. The SMILES string of the molecule is CC(C)CCN(Cc1ccc(C(F)(F)F)cc1)[C@@H]1CC[C@@H](CC(=O)O)C[C@@H]1c1ccc(C(F)(F)F)cc1. The average molecular weight is 530 g/mol. The highest BCUT2D eigenvalue weighted by atomic mass is 19.4. The normalized spacial score (nSPS) is 21.0. The zero-order valence-corrected chi connectivity index (χ0v) is 20.9. The summed E-state index contributed by atoms with van der Waals surface area (Å²) in [5.41, 5.74) is -0.0282. The molecule has 3 atom stereocenters. The zero-order chi connectivity index (χ0) is 27.4. The van der Waals surface area contributed by atoms with Crippen molar-refractivity contribution in [1.29, 1.82) is 0 Å². The van der Waals surface area contributed by atoms with Gasteiger partial charge in [0.2, 0.25) is 0 Å². The van der Waals surface area contributed by atoms with Crippen molar-refractivity contribution in [1.82, 2.24) is 4.90 Å². The minimum Gasteiger partial charge on any atom is -0.481 e. The first kappa shape index (κ1) is 29.0. The largest absolute Gasteiger partial charge is 0.481 e. The van der Waals surface area contributed by atoms with E-state index in [1.807, 2.05) is 0 Å². The zero-order valence-electron chi connectivity index (χ0n) is 20.9. The van der Waals surface area contributed by atoms with Gasteiger partial charge in [0.05, 0.1) is 11.1 Å². The number of alkyl halides is 6. The topological polar surface area (TPSA) is 40.5 Å². The summed E-state index contributed by atoms with van der Waals surface area (Å²) in [6.45, 7) is 5.22. The highest BCUT2D eigenvalue weighted by molar-refractivity contribution is 5.67. The molecule has 1 N–H and O–H groups in total. The molecule has 3 rings (SSSR count). The summed E-state index contributed by atoms with van der Waals surface area (Å²) in [4.78, 5) is 13.6. The van der Waals surface area contributed by atoms with Crippen LogP contribution >= 0.6 is 0 Å². The van der Waals surface area contributed by atoms with Crippen molar-refractivity contribution in [3.8, 4) is 0 Å². The van der Waals surface area contributed by atoms with Gasteiger partial charge in [-0.15, -0.1) is 0 Å². The first-order valence-electron chi connectivity index (χ1n) is 12.5. The van der Waals surface area contributed by atoms with E-state index in [9.17, 15) is 36.2 Å². The molecule has 1 aliphatic carbocycles. The van der Waals surface area contributed by atoms with Crippen molar-refractivity contribution in [3.05, 3.63) is 70.8 Å². The smallest absolute Gasteiger partial charge is 0.416 e. The Morgan fingerprint density at radius 3 is 1.95 bits per heavy atom. The summed E-state index contributed by atoms with van der Waals surface area (Å²) in [5.74, 6) is -0.819. The van der Waals surface area contributed by atoms with Gasteiger partial charge in [-0.2, -0.15) is 26.3 Å². The highest BCUT2D eigenvalue weighted by Gasteiger charge is 2.37. The van der Waals surface area contributed by atoms with Crippen LogP contribution in [0.15, 0.2) is 48.5 Å². The number of nitrogens with zero attached hydrogens (tertiary/aromatic N) is 1. The van der Waals surface area contributed by atoms with E-state index >= 15 is 0 Å². The predicted octanol–water partition coefficient (Wildman–Crippen LogP) is 8.00. The lowest BCUT2D eigenvalue weighted by Gasteiger charge is -2.43. The molecule has 0 spiro atoms. The van der Waals surface area contributed by atoms with E-state index in [0.717, 1.165) is 41.8 Å². The molecule has 1 aliphatic rings. The summed E-state index contributed by atoms with van der Waals surface area (Å²) in [5, 5.41) is 9.33. The molecule has 0 amide bonds. The Balaban J connectivity index is 1.92. The lowest BCUT2D eigenvalue weighted by molar-refractivity contribution is -0.139. The van der Waals surface area contributed by atoms with Crippen LogP contribution in [-0.4, -0.2) is 28.6 Å². The third-order valence-corrected chi connectivity index (χ3v) is 7.18. The molecule has 1 saturated carbocycles. The van der Waals surface area contributed by atoms with Crippen molar-refractivity contribution < 1.29 is 36.2 Å². The maximum absolute atomic E-state index is 13.1. The molecule has 0 aliphatic heterocycles. The van der Waals surface area contributed by atoms with Crippen molar-refractivity contribution >= 4 is 5.97 Å². The van der Waals surface area contributed by atoms with Crippen molar-refractivity contribution in [2.45, 2.75) is 76.8 Å². The van der Waals surface area contributed by atoms with Gasteiger partial charge < -0.3 is 5.11 Å². The van der Waals surface area contributed by atoms with E-state index < -0.39 is 29.4 Å². The second-order valence-corrected chi connectivity index (χ2v) is 10.4. The summed E-state index contributed by atoms with van der Waals surface area (Å²) >= 11 is 0. The van der Waals surface area contributed by atoms with Crippen LogP contribution in [0, 0.1) is 11.8 Å². The number of rotatable bonds is 9. The molecule has 9 heteroatoms. The molecular formula is C28H33F6NO2. The van der Waals surface area contributed by atoms with E-state index in [1.165, 1.54) is 24.3 Å². The van der Waals surface area contributed by atoms with E-state index in [0.29, 0.717) is 38.3 Å². The number of carbonyl (C=O) groups is 1. The molecule has 0 aromatic heterocycles. The fourth-order valence-electron chi connectivity index (χ4n) is 5.21.